The average Bonchev–Trinajstić information content (AvgIpc) is 2.51. The minimum absolute atomic E-state index is 0.0786. The zero-order valence-corrected chi connectivity index (χ0v) is 13.0. The monoisotopic (exact) mass is 349 g/mol. The van der Waals surface area contributed by atoms with E-state index in [-0.39, 0.29) is 19.1 Å². The smallest absolute Gasteiger partial charge is 0.251 e. The number of amides is 1. The summed E-state index contributed by atoms with van der Waals surface area (Å²) in [5.41, 5.74) is 1.55. The first-order valence-electron chi connectivity index (χ1n) is 6.55. The van der Waals surface area contributed by atoms with E-state index in [1.54, 1.807) is 24.3 Å². The molecule has 2 N–H and O–H groups in total. The molecule has 5 heteroatoms. The van der Waals surface area contributed by atoms with Gasteiger partial charge in [-0.15, -0.1) is 0 Å². The van der Waals surface area contributed by atoms with Crippen molar-refractivity contribution in [2.45, 2.75) is 6.61 Å². The van der Waals surface area contributed by atoms with Crippen LogP contribution < -0.4 is 10.1 Å². The Bertz CT molecular complexity index is 616. The van der Waals surface area contributed by atoms with Crippen molar-refractivity contribution in [1.82, 2.24) is 5.32 Å². The summed E-state index contributed by atoms with van der Waals surface area (Å²) in [5, 5.41) is 11.3. The van der Waals surface area contributed by atoms with Gasteiger partial charge in [0, 0.05) is 16.6 Å². The van der Waals surface area contributed by atoms with Gasteiger partial charge in [0.2, 0.25) is 0 Å². The Hall–Kier alpha value is -1.85. The quantitative estimate of drug-likeness (QED) is 0.842. The third-order valence-corrected chi connectivity index (χ3v) is 3.28. The highest BCUT2D eigenvalue weighted by Gasteiger charge is 2.06. The van der Waals surface area contributed by atoms with Crippen molar-refractivity contribution in [3.8, 4) is 5.75 Å². The lowest BCUT2D eigenvalue weighted by molar-refractivity contribution is 0.0944. The normalized spacial score (nSPS) is 10.2. The Morgan fingerprint density at radius 2 is 2.00 bits per heavy atom. The maximum absolute atomic E-state index is 11.8. The molecule has 2 aromatic rings. The maximum atomic E-state index is 11.8. The van der Waals surface area contributed by atoms with E-state index in [0.717, 1.165) is 10.0 Å². The highest BCUT2D eigenvalue weighted by molar-refractivity contribution is 9.10. The number of hydrogen-bond acceptors (Lipinski definition) is 3. The number of nitrogens with one attached hydrogen (secondary N) is 1. The summed E-state index contributed by atoms with van der Waals surface area (Å²) in [5.74, 6) is 0.406. The molecule has 0 atom stereocenters. The van der Waals surface area contributed by atoms with Gasteiger partial charge in [-0.2, -0.15) is 0 Å². The van der Waals surface area contributed by atoms with E-state index in [0.29, 0.717) is 17.9 Å². The minimum Gasteiger partial charge on any atom is -0.489 e. The second-order valence-corrected chi connectivity index (χ2v) is 5.34. The Kier molecular flexibility index (Phi) is 5.78. The molecule has 21 heavy (non-hydrogen) atoms. The molecule has 0 saturated carbocycles. The molecule has 110 valence electrons. The Morgan fingerprint density at radius 1 is 1.19 bits per heavy atom. The molecule has 0 spiro atoms. The summed E-state index contributed by atoms with van der Waals surface area (Å²) in [6, 6.07) is 14.8. The van der Waals surface area contributed by atoms with Crippen LogP contribution in [0.3, 0.4) is 0 Å². The summed E-state index contributed by atoms with van der Waals surface area (Å²) in [7, 11) is 0. The maximum Gasteiger partial charge on any atom is 0.251 e. The second-order valence-electron chi connectivity index (χ2n) is 4.43. The number of hydrogen-bond donors (Lipinski definition) is 2. The van der Waals surface area contributed by atoms with Gasteiger partial charge in [0.25, 0.3) is 5.91 Å². The zero-order valence-electron chi connectivity index (χ0n) is 11.4. The van der Waals surface area contributed by atoms with Crippen molar-refractivity contribution < 1.29 is 14.6 Å². The third-order valence-electron chi connectivity index (χ3n) is 2.79. The van der Waals surface area contributed by atoms with E-state index in [9.17, 15) is 4.79 Å². The van der Waals surface area contributed by atoms with Gasteiger partial charge < -0.3 is 15.2 Å². The average molecular weight is 350 g/mol. The molecule has 1 amide bonds. The lowest BCUT2D eigenvalue weighted by atomic mass is 10.2. The van der Waals surface area contributed by atoms with Gasteiger partial charge in [-0.3, -0.25) is 4.79 Å². The van der Waals surface area contributed by atoms with Crippen molar-refractivity contribution in [3.05, 3.63) is 64.1 Å². The fraction of sp³-hybridized carbons (Fsp3) is 0.188. The molecular weight excluding hydrogens is 334 g/mol. The van der Waals surface area contributed by atoms with Crippen LogP contribution in [0.25, 0.3) is 0 Å². The van der Waals surface area contributed by atoms with E-state index in [2.05, 4.69) is 21.2 Å². The summed E-state index contributed by atoms with van der Waals surface area (Å²) in [6.45, 7) is 0.591. The van der Waals surface area contributed by atoms with E-state index in [1.807, 2.05) is 24.3 Å². The number of ether oxygens (including phenoxy) is 1. The van der Waals surface area contributed by atoms with Crippen LogP contribution in [0.5, 0.6) is 5.75 Å². The molecule has 0 bridgehead atoms. The van der Waals surface area contributed by atoms with Crippen LogP contribution in [0.2, 0.25) is 0 Å². The lowest BCUT2D eigenvalue weighted by Gasteiger charge is -2.08. The zero-order chi connectivity index (χ0) is 15.1. The molecule has 0 saturated heterocycles. The third kappa shape index (κ3) is 4.88. The van der Waals surface area contributed by atoms with Crippen molar-refractivity contribution >= 4 is 21.8 Å². The summed E-state index contributed by atoms with van der Waals surface area (Å²) < 4.78 is 6.69. The molecule has 0 heterocycles. The van der Waals surface area contributed by atoms with Gasteiger partial charge in [-0.1, -0.05) is 34.1 Å². The van der Waals surface area contributed by atoms with Crippen LogP contribution >= 0.6 is 15.9 Å². The first-order chi connectivity index (χ1) is 10.2. The van der Waals surface area contributed by atoms with Crippen molar-refractivity contribution in [3.63, 3.8) is 0 Å². The van der Waals surface area contributed by atoms with Crippen molar-refractivity contribution in [2.24, 2.45) is 0 Å². The van der Waals surface area contributed by atoms with E-state index in [1.165, 1.54) is 0 Å². The van der Waals surface area contributed by atoms with E-state index in [4.69, 9.17) is 9.84 Å². The topological polar surface area (TPSA) is 58.6 Å². The Labute approximate surface area is 131 Å². The number of carbonyl (C=O) groups is 1. The largest absolute Gasteiger partial charge is 0.489 e. The molecule has 2 rings (SSSR count). The van der Waals surface area contributed by atoms with Crippen LogP contribution in [-0.2, 0) is 6.61 Å². The first-order valence-corrected chi connectivity index (χ1v) is 7.34. The van der Waals surface area contributed by atoms with Crippen LogP contribution in [0.4, 0.5) is 0 Å². The number of rotatable bonds is 6. The van der Waals surface area contributed by atoms with Crippen LogP contribution in [0.1, 0.15) is 15.9 Å². The van der Waals surface area contributed by atoms with Gasteiger partial charge >= 0.3 is 0 Å². The summed E-state index contributed by atoms with van der Waals surface area (Å²) in [6.07, 6.45) is 0. The van der Waals surface area contributed by atoms with Crippen LogP contribution in [0, 0.1) is 0 Å². The predicted molar refractivity (Wildman–Crippen MR) is 84.3 cm³/mol. The molecule has 0 fully saturated rings. The number of halogens is 1. The van der Waals surface area contributed by atoms with Gasteiger partial charge in [-0.25, -0.2) is 0 Å². The molecule has 4 nitrogen and oxygen atoms in total. The minimum atomic E-state index is -0.225. The van der Waals surface area contributed by atoms with Gasteiger partial charge in [0.1, 0.15) is 12.4 Å². The highest BCUT2D eigenvalue weighted by atomic mass is 79.9. The van der Waals surface area contributed by atoms with Crippen molar-refractivity contribution in [1.29, 1.82) is 0 Å². The Morgan fingerprint density at radius 3 is 2.76 bits per heavy atom. The SMILES string of the molecule is O=C(NCCO)c1cccc(OCc2cccc(Br)c2)c1. The van der Waals surface area contributed by atoms with Crippen LogP contribution in [-0.4, -0.2) is 24.2 Å². The number of carbonyl (C=O) groups excluding carboxylic acids is 1. The molecule has 0 radical (unpaired) electrons. The molecule has 2 aromatic carbocycles. The number of aliphatic hydroxyl groups excluding tert-OH is 1. The summed E-state index contributed by atoms with van der Waals surface area (Å²) >= 11 is 3.41. The Balaban J connectivity index is 1.99. The van der Waals surface area contributed by atoms with Gasteiger partial charge in [0.15, 0.2) is 0 Å². The second kappa shape index (κ2) is 7.81. The summed E-state index contributed by atoms with van der Waals surface area (Å²) in [4.78, 5) is 11.8. The first kappa shape index (κ1) is 15.5. The standard InChI is InChI=1S/C16H16BrNO3/c17-14-5-1-3-12(9-14)11-21-15-6-2-4-13(10-15)16(20)18-7-8-19/h1-6,9-10,19H,7-8,11H2,(H,18,20). The van der Waals surface area contributed by atoms with Crippen LogP contribution in [0.15, 0.2) is 53.0 Å². The fourth-order valence-electron chi connectivity index (χ4n) is 1.79. The molecular formula is C16H16BrNO3. The van der Waals surface area contributed by atoms with Gasteiger partial charge in [-0.05, 0) is 35.9 Å². The van der Waals surface area contributed by atoms with E-state index < -0.39 is 0 Å². The number of aliphatic hydroxyl groups is 1. The molecule has 0 aliphatic rings. The molecule has 0 unspecified atom stereocenters. The van der Waals surface area contributed by atoms with Gasteiger partial charge in [0.05, 0.1) is 6.61 Å². The van der Waals surface area contributed by atoms with Crippen molar-refractivity contribution in [2.75, 3.05) is 13.2 Å². The highest BCUT2D eigenvalue weighted by Crippen LogP contribution is 2.17. The molecule has 0 aliphatic heterocycles. The fourth-order valence-corrected chi connectivity index (χ4v) is 2.24. The molecule has 0 aliphatic carbocycles. The molecule has 0 aromatic heterocycles. The predicted octanol–water partition coefficient (Wildman–Crippen LogP) is 2.75. The lowest BCUT2D eigenvalue weighted by Crippen LogP contribution is -2.26. The van der Waals surface area contributed by atoms with E-state index >= 15 is 0 Å². The number of benzene rings is 2.